The molecule has 0 amide bonds. The Morgan fingerprint density at radius 2 is 1.71 bits per heavy atom. The molecule has 10 unspecified atom stereocenters. The largest absolute Gasteiger partial charge is 0.463 e. The van der Waals surface area contributed by atoms with Gasteiger partial charge in [-0.2, -0.15) is 0 Å². The first kappa shape index (κ1) is 24.4. The molecule has 0 radical (unpaired) electrons. The Balaban J connectivity index is 1.76. The van der Waals surface area contributed by atoms with Crippen LogP contribution in [-0.4, -0.2) is 74.8 Å². The number of hydrogen-bond donors (Lipinski definition) is 4. The van der Waals surface area contributed by atoms with Gasteiger partial charge < -0.3 is 34.6 Å². The highest BCUT2D eigenvalue weighted by atomic mass is 16.7. The lowest BCUT2D eigenvalue weighted by atomic mass is 9.35. The molecule has 6 aliphatic rings. The molecule has 0 aromatic rings. The topological polar surface area (TPSA) is 143 Å². The highest BCUT2D eigenvalue weighted by molar-refractivity contribution is 5.67. The minimum atomic E-state index is -2.24. The van der Waals surface area contributed by atoms with Gasteiger partial charge in [0.1, 0.15) is 17.8 Å². The van der Waals surface area contributed by atoms with E-state index in [9.17, 15) is 30.0 Å². The highest BCUT2D eigenvalue weighted by Crippen LogP contribution is 2.80. The van der Waals surface area contributed by atoms with Gasteiger partial charge in [0, 0.05) is 31.1 Å². The lowest BCUT2D eigenvalue weighted by Crippen LogP contribution is -2.86. The molecule has 2 aliphatic heterocycles. The van der Waals surface area contributed by atoms with E-state index in [0.29, 0.717) is 12.8 Å². The zero-order valence-electron chi connectivity index (χ0n) is 20.7. The number of esters is 2. The van der Waals surface area contributed by atoms with Crippen molar-refractivity contribution in [1.29, 1.82) is 0 Å². The van der Waals surface area contributed by atoms with Crippen molar-refractivity contribution in [2.24, 2.45) is 34.0 Å². The molecule has 0 aromatic heterocycles. The van der Waals surface area contributed by atoms with Crippen LogP contribution in [0, 0.1) is 34.0 Å². The first-order valence-corrected chi connectivity index (χ1v) is 12.4. The van der Waals surface area contributed by atoms with Gasteiger partial charge in [-0.15, -0.1) is 0 Å². The maximum absolute atomic E-state index is 12.4. The average molecular weight is 483 g/mol. The number of hydrogen-bond acceptors (Lipinski definition) is 9. The molecule has 6 rings (SSSR count). The zero-order valence-corrected chi connectivity index (χ0v) is 20.7. The minimum Gasteiger partial charge on any atom is -0.463 e. The van der Waals surface area contributed by atoms with Crippen LogP contribution >= 0.6 is 0 Å². The van der Waals surface area contributed by atoms with Crippen LogP contribution in [0.1, 0.15) is 66.7 Å². The molecule has 34 heavy (non-hydrogen) atoms. The smallest absolute Gasteiger partial charge is 0.303 e. The number of fused-ring (bicyclic) bond motifs is 2. The van der Waals surface area contributed by atoms with E-state index in [1.807, 2.05) is 0 Å². The Hall–Kier alpha value is -1.26. The van der Waals surface area contributed by atoms with Gasteiger partial charge in [-0.3, -0.25) is 9.59 Å². The molecule has 6 fully saturated rings. The maximum Gasteiger partial charge on any atom is 0.303 e. The van der Waals surface area contributed by atoms with Crippen molar-refractivity contribution in [2.75, 3.05) is 13.2 Å². The lowest BCUT2D eigenvalue weighted by molar-refractivity contribution is -0.479. The van der Waals surface area contributed by atoms with Gasteiger partial charge >= 0.3 is 11.9 Å². The number of carbonyl (C=O) groups excluding carboxylic acids is 2. The number of aliphatic hydroxyl groups is 4. The van der Waals surface area contributed by atoms with E-state index in [1.165, 1.54) is 20.8 Å². The van der Waals surface area contributed by atoms with E-state index >= 15 is 0 Å². The fourth-order valence-electron chi connectivity index (χ4n) is 9.67. The number of carbonyl (C=O) groups is 2. The predicted molar refractivity (Wildman–Crippen MR) is 117 cm³/mol. The fourth-order valence-corrected chi connectivity index (χ4v) is 9.67. The van der Waals surface area contributed by atoms with E-state index in [2.05, 4.69) is 13.8 Å². The Bertz CT molecular complexity index is 916. The second-order valence-corrected chi connectivity index (χ2v) is 12.4. The van der Waals surface area contributed by atoms with Gasteiger partial charge in [-0.25, -0.2) is 0 Å². The number of rotatable bonds is 3. The van der Waals surface area contributed by atoms with Crippen molar-refractivity contribution >= 4 is 11.9 Å². The highest BCUT2D eigenvalue weighted by Gasteiger charge is 2.92. The van der Waals surface area contributed by atoms with Crippen LogP contribution in [0.3, 0.4) is 0 Å². The van der Waals surface area contributed by atoms with Gasteiger partial charge in [0.05, 0.1) is 18.1 Å². The number of ether oxygens (including phenoxy) is 3. The summed E-state index contributed by atoms with van der Waals surface area (Å²) >= 11 is 0. The normalized spacial score (nSPS) is 54.7. The van der Waals surface area contributed by atoms with Crippen molar-refractivity contribution in [3.63, 3.8) is 0 Å². The zero-order chi connectivity index (χ0) is 25.1. The van der Waals surface area contributed by atoms with Gasteiger partial charge in [0.2, 0.25) is 5.79 Å². The third kappa shape index (κ3) is 2.43. The van der Waals surface area contributed by atoms with Crippen LogP contribution in [0.4, 0.5) is 0 Å². The molecule has 2 saturated heterocycles. The van der Waals surface area contributed by atoms with Crippen LogP contribution in [0.2, 0.25) is 0 Å². The van der Waals surface area contributed by atoms with E-state index in [0.717, 1.165) is 19.3 Å². The van der Waals surface area contributed by atoms with E-state index in [-0.39, 0.29) is 17.9 Å². The molecule has 10 atom stereocenters. The Morgan fingerprint density at radius 1 is 1.03 bits per heavy atom. The van der Waals surface area contributed by atoms with Crippen LogP contribution in [0.25, 0.3) is 0 Å². The summed E-state index contributed by atoms with van der Waals surface area (Å²) in [6, 6.07) is 0. The van der Waals surface area contributed by atoms with Gasteiger partial charge in [0.25, 0.3) is 0 Å². The maximum atomic E-state index is 12.4. The molecule has 0 aromatic carbocycles. The summed E-state index contributed by atoms with van der Waals surface area (Å²) in [5.41, 5.74) is -6.76. The van der Waals surface area contributed by atoms with E-state index in [1.54, 1.807) is 0 Å². The molecule has 9 nitrogen and oxygen atoms in total. The van der Waals surface area contributed by atoms with Crippen LogP contribution in [-0.2, 0) is 23.8 Å². The van der Waals surface area contributed by atoms with Crippen LogP contribution in [0.15, 0.2) is 0 Å². The first-order valence-electron chi connectivity index (χ1n) is 12.4. The molecular formula is C25H38O9. The van der Waals surface area contributed by atoms with E-state index in [4.69, 9.17) is 14.2 Å². The summed E-state index contributed by atoms with van der Waals surface area (Å²) in [7, 11) is 0. The molecule has 2 heterocycles. The summed E-state index contributed by atoms with van der Waals surface area (Å²) in [6.45, 7) is 7.78. The molecule has 4 N–H and O–H groups in total. The summed E-state index contributed by atoms with van der Waals surface area (Å²) in [5.74, 6) is -4.98. The fraction of sp³-hybridized carbons (Fsp3) is 0.920. The van der Waals surface area contributed by atoms with Crippen molar-refractivity contribution in [2.45, 2.75) is 95.9 Å². The average Bonchev–Trinajstić information content (AvgIpc) is 2.78. The number of aliphatic hydroxyl groups excluding tert-OH is 1. The summed E-state index contributed by atoms with van der Waals surface area (Å²) in [4.78, 5) is 23.9. The van der Waals surface area contributed by atoms with E-state index < -0.39 is 70.4 Å². The second kappa shape index (κ2) is 6.94. The quantitative estimate of drug-likeness (QED) is 0.431. The van der Waals surface area contributed by atoms with Crippen LogP contribution < -0.4 is 0 Å². The standard InChI is InChI=1S/C25H38O9/c1-13(26)32-12-23(30)15-7-8-16-22-10-6-9-20(3,4)17(22)19(34-14(2)27)25(31,33-11-22)24(16,18(15)28)21(23,5)29/h15-19,28-31H,6-12H2,1-5H3. The van der Waals surface area contributed by atoms with Gasteiger partial charge in [0.15, 0.2) is 6.10 Å². The Kier molecular flexibility index (Phi) is 4.99. The lowest BCUT2D eigenvalue weighted by Gasteiger charge is -2.76. The Labute approximate surface area is 199 Å². The monoisotopic (exact) mass is 482 g/mol. The molecule has 2 spiro atoms. The van der Waals surface area contributed by atoms with Crippen molar-refractivity contribution in [1.82, 2.24) is 0 Å². The van der Waals surface area contributed by atoms with Crippen LogP contribution in [0.5, 0.6) is 0 Å². The molecule has 192 valence electrons. The van der Waals surface area contributed by atoms with Gasteiger partial charge in [-0.1, -0.05) is 20.3 Å². The molecule has 9 heteroatoms. The molecule has 4 aliphatic carbocycles. The summed E-state index contributed by atoms with van der Waals surface area (Å²) < 4.78 is 17.2. The van der Waals surface area contributed by atoms with Gasteiger partial charge in [-0.05, 0) is 43.9 Å². The van der Waals surface area contributed by atoms with Crippen molar-refractivity contribution in [3.8, 4) is 0 Å². The van der Waals surface area contributed by atoms with Crippen molar-refractivity contribution in [3.05, 3.63) is 0 Å². The Morgan fingerprint density at radius 3 is 2.32 bits per heavy atom. The molecular weight excluding hydrogens is 444 g/mol. The van der Waals surface area contributed by atoms with Crippen molar-refractivity contribution < 1.29 is 44.2 Å². The predicted octanol–water partition coefficient (Wildman–Crippen LogP) is 0.895. The first-order chi connectivity index (χ1) is 15.6. The third-order valence-electron chi connectivity index (χ3n) is 10.7. The summed E-state index contributed by atoms with van der Waals surface area (Å²) in [5, 5.41) is 48.4. The second-order valence-electron chi connectivity index (χ2n) is 12.4. The third-order valence-corrected chi connectivity index (χ3v) is 10.7. The molecule has 4 saturated carbocycles. The summed E-state index contributed by atoms with van der Waals surface area (Å²) in [6.07, 6.45) is 0.941. The minimum absolute atomic E-state index is 0.220. The SMILES string of the molecule is CC(=O)OCC1(O)C2CCC3C45CCCC(C)(C)C4C(OC(C)=O)C(O)(OC5)C3(C2O)C1(C)O. The molecule has 4 bridgehead atoms.